The van der Waals surface area contributed by atoms with Gasteiger partial charge < -0.3 is 24.8 Å². The molecule has 190 valence electrons. The van der Waals surface area contributed by atoms with Crippen LogP contribution in [0.3, 0.4) is 0 Å². The number of rotatable bonds is 14. The number of hydrogen-bond acceptors (Lipinski definition) is 5. The fourth-order valence-electron chi connectivity index (χ4n) is 3.69. The molecule has 4 rings (SSSR count). The van der Waals surface area contributed by atoms with E-state index in [9.17, 15) is 4.79 Å². The van der Waals surface area contributed by atoms with E-state index in [2.05, 4.69) is 22.8 Å². The minimum atomic E-state index is -0.149. The third-order valence-corrected chi connectivity index (χ3v) is 5.49. The maximum absolute atomic E-state index is 12.5. The average Bonchev–Trinajstić information content (AvgIpc) is 2.94. The lowest BCUT2D eigenvalue weighted by Crippen LogP contribution is -2.21. The van der Waals surface area contributed by atoms with Gasteiger partial charge in [-0.25, -0.2) is 0 Å². The summed E-state index contributed by atoms with van der Waals surface area (Å²) in [5.74, 6) is 2.11. The second kappa shape index (κ2) is 14.2. The number of para-hydroxylation sites is 1. The SMILES string of the molecule is O=C(CNc1cccc(OCCOc2ccccc2)c1)Nc1cccc(OCCCc2ccccc2)c1. The van der Waals surface area contributed by atoms with Crippen molar-refractivity contribution in [3.05, 3.63) is 115 Å². The number of carbonyl (C=O) groups excluding carboxylic acids is 1. The number of anilines is 2. The van der Waals surface area contributed by atoms with Crippen LogP contribution in [0.25, 0.3) is 0 Å². The van der Waals surface area contributed by atoms with Gasteiger partial charge in [-0.15, -0.1) is 0 Å². The zero-order valence-corrected chi connectivity index (χ0v) is 20.8. The Morgan fingerprint density at radius 3 is 1.89 bits per heavy atom. The Labute approximate surface area is 218 Å². The predicted molar refractivity (Wildman–Crippen MR) is 148 cm³/mol. The van der Waals surface area contributed by atoms with E-state index in [4.69, 9.17) is 14.2 Å². The van der Waals surface area contributed by atoms with Gasteiger partial charge in [-0.2, -0.15) is 0 Å². The molecule has 0 spiro atoms. The molecule has 0 unspecified atom stereocenters. The van der Waals surface area contributed by atoms with Crippen molar-refractivity contribution in [2.45, 2.75) is 12.8 Å². The van der Waals surface area contributed by atoms with Gasteiger partial charge in [-0.1, -0.05) is 60.7 Å². The zero-order valence-electron chi connectivity index (χ0n) is 20.8. The molecule has 0 aliphatic heterocycles. The third-order valence-electron chi connectivity index (χ3n) is 5.49. The molecule has 37 heavy (non-hydrogen) atoms. The fourth-order valence-corrected chi connectivity index (χ4v) is 3.69. The normalized spacial score (nSPS) is 10.4. The van der Waals surface area contributed by atoms with Gasteiger partial charge in [0.1, 0.15) is 30.5 Å². The number of nitrogens with one attached hydrogen (secondary N) is 2. The zero-order chi connectivity index (χ0) is 25.5. The highest BCUT2D eigenvalue weighted by molar-refractivity contribution is 5.93. The molecule has 2 N–H and O–H groups in total. The molecule has 4 aromatic carbocycles. The highest BCUT2D eigenvalue weighted by Crippen LogP contribution is 2.19. The van der Waals surface area contributed by atoms with E-state index < -0.39 is 0 Å². The summed E-state index contributed by atoms with van der Waals surface area (Å²) in [7, 11) is 0. The Bertz CT molecular complexity index is 1230. The number of aryl methyl sites for hydroxylation is 1. The van der Waals surface area contributed by atoms with Crippen LogP contribution in [0.4, 0.5) is 11.4 Å². The molecule has 0 saturated heterocycles. The Morgan fingerprint density at radius 1 is 0.595 bits per heavy atom. The van der Waals surface area contributed by atoms with Gasteiger partial charge >= 0.3 is 0 Å². The van der Waals surface area contributed by atoms with Crippen molar-refractivity contribution in [3.8, 4) is 17.2 Å². The van der Waals surface area contributed by atoms with Crippen LogP contribution >= 0.6 is 0 Å². The maximum atomic E-state index is 12.5. The summed E-state index contributed by atoms with van der Waals surface area (Å²) in [6.07, 6.45) is 1.89. The maximum Gasteiger partial charge on any atom is 0.243 e. The van der Waals surface area contributed by atoms with Gasteiger partial charge in [-0.3, -0.25) is 4.79 Å². The van der Waals surface area contributed by atoms with Crippen LogP contribution < -0.4 is 24.8 Å². The van der Waals surface area contributed by atoms with E-state index in [1.165, 1.54) is 5.56 Å². The molecule has 0 atom stereocenters. The number of carbonyl (C=O) groups is 1. The van der Waals surface area contributed by atoms with E-state index >= 15 is 0 Å². The van der Waals surface area contributed by atoms with Crippen molar-refractivity contribution in [1.82, 2.24) is 0 Å². The number of ether oxygens (including phenoxy) is 3. The lowest BCUT2D eigenvalue weighted by atomic mass is 10.1. The fraction of sp³-hybridized carbons (Fsp3) is 0.194. The first-order valence-corrected chi connectivity index (χ1v) is 12.5. The molecule has 0 bridgehead atoms. The predicted octanol–water partition coefficient (Wildman–Crippen LogP) is 6.21. The second-order valence-corrected chi connectivity index (χ2v) is 8.40. The summed E-state index contributed by atoms with van der Waals surface area (Å²) in [5, 5.41) is 6.05. The van der Waals surface area contributed by atoms with Crippen LogP contribution in [-0.2, 0) is 11.2 Å². The summed E-state index contributed by atoms with van der Waals surface area (Å²) in [6, 6.07) is 34.9. The van der Waals surface area contributed by atoms with Gasteiger partial charge in [0.05, 0.1) is 13.2 Å². The van der Waals surface area contributed by atoms with Crippen LogP contribution in [-0.4, -0.2) is 32.3 Å². The smallest absolute Gasteiger partial charge is 0.243 e. The first kappa shape index (κ1) is 25.6. The van der Waals surface area contributed by atoms with Crippen molar-refractivity contribution in [2.75, 3.05) is 37.0 Å². The number of benzene rings is 4. The molecule has 0 saturated carbocycles. The molecule has 1 amide bonds. The van der Waals surface area contributed by atoms with Gasteiger partial charge in [0.15, 0.2) is 0 Å². The van der Waals surface area contributed by atoms with E-state index in [1.54, 1.807) is 0 Å². The summed E-state index contributed by atoms with van der Waals surface area (Å²) in [6.45, 7) is 1.61. The topological polar surface area (TPSA) is 68.8 Å². The molecular weight excluding hydrogens is 464 g/mol. The summed E-state index contributed by atoms with van der Waals surface area (Å²) in [5.41, 5.74) is 2.80. The molecular formula is C31H32N2O4. The van der Waals surface area contributed by atoms with Crippen molar-refractivity contribution >= 4 is 17.3 Å². The highest BCUT2D eigenvalue weighted by Gasteiger charge is 2.05. The number of hydrogen-bond donors (Lipinski definition) is 2. The van der Waals surface area contributed by atoms with Gasteiger partial charge in [-0.05, 0) is 54.8 Å². The lowest BCUT2D eigenvalue weighted by molar-refractivity contribution is -0.114. The van der Waals surface area contributed by atoms with Gasteiger partial charge in [0.25, 0.3) is 0 Å². The third kappa shape index (κ3) is 9.26. The minimum Gasteiger partial charge on any atom is -0.494 e. The van der Waals surface area contributed by atoms with Crippen molar-refractivity contribution in [3.63, 3.8) is 0 Å². The van der Waals surface area contributed by atoms with Crippen molar-refractivity contribution in [1.29, 1.82) is 0 Å². The van der Waals surface area contributed by atoms with E-state index in [-0.39, 0.29) is 12.5 Å². The van der Waals surface area contributed by atoms with Crippen molar-refractivity contribution in [2.24, 2.45) is 0 Å². The lowest BCUT2D eigenvalue weighted by Gasteiger charge is -2.12. The molecule has 6 heteroatoms. The van der Waals surface area contributed by atoms with Crippen LogP contribution in [0.5, 0.6) is 17.2 Å². The number of amides is 1. The molecule has 0 aliphatic carbocycles. The first-order valence-electron chi connectivity index (χ1n) is 12.5. The Kier molecular flexibility index (Phi) is 9.83. The molecule has 0 aliphatic rings. The first-order chi connectivity index (χ1) is 18.2. The largest absolute Gasteiger partial charge is 0.494 e. The van der Waals surface area contributed by atoms with Crippen LogP contribution in [0.2, 0.25) is 0 Å². The van der Waals surface area contributed by atoms with E-state index in [0.29, 0.717) is 31.3 Å². The van der Waals surface area contributed by atoms with Crippen LogP contribution in [0.15, 0.2) is 109 Å². The molecule has 0 radical (unpaired) electrons. The average molecular weight is 497 g/mol. The molecule has 0 aromatic heterocycles. The molecule has 0 fully saturated rings. The second-order valence-electron chi connectivity index (χ2n) is 8.40. The summed E-state index contributed by atoms with van der Waals surface area (Å²) < 4.78 is 17.3. The highest BCUT2D eigenvalue weighted by atomic mass is 16.5. The van der Waals surface area contributed by atoms with Crippen LogP contribution in [0.1, 0.15) is 12.0 Å². The monoisotopic (exact) mass is 496 g/mol. The molecule has 0 heterocycles. The minimum absolute atomic E-state index is 0.128. The van der Waals surface area contributed by atoms with E-state index in [1.807, 2.05) is 97.1 Å². The Morgan fingerprint density at radius 2 is 1.16 bits per heavy atom. The van der Waals surface area contributed by atoms with Gasteiger partial charge in [0, 0.05) is 23.5 Å². The molecule has 6 nitrogen and oxygen atoms in total. The molecule has 4 aromatic rings. The quantitative estimate of drug-likeness (QED) is 0.203. The summed E-state index contributed by atoms with van der Waals surface area (Å²) in [4.78, 5) is 12.5. The van der Waals surface area contributed by atoms with Crippen LogP contribution in [0, 0.1) is 0 Å². The van der Waals surface area contributed by atoms with E-state index in [0.717, 1.165) is 30.0 Å². The van der Waals surface area contributed by atoms with Gasteiger partial charge in [0.2, 0.25) is 5.91 Å². The Balaban J connectivity index is 1.16. The summed E-state index contributed by atoms with van der Waals surface area (Å²) >= 11 is 0. The Hall–Kier alpha value is -4.45. The standard InChI is InChI=1S/C31H32N2O4/c34-31(33-27-14-8-18-30(23-27)35-19-9-12-25-10-3-1-4-11-25)24-32-26-13-7-17-29(22-26)37-21-20-36-28-15-5-2-6-16-28/h1-8,10-11,13-18,22-23,32H,9,12,19-21,24H2,(H,33,34). The van der Waals surface area contributed by atoms with Crippen molar-refractivity contribution < 1.29 is 19.0 Å².